The SMILES string of the molecule is CS(=O)(=O)c1ncc(NN)cn1.CS(=O)(=O)c1ncc(NN)cn1.Cl. The van der Waals surface area contributed by atoms with Crippen molar-refractivity contribution in [3.63, 3.8) is 0 Å². The average Bonchev–Trinajstić information content (AvgIpc) is 2.54. The van der Waals surface area contributed by atoms with Crippen LogP contribution >= 0.6 is 12.4 Å². The summed E-state index contributed by atoms with van der Waals surface area (Å²) in [7, 11) is -6.64. The molecule has 25 heavy (non-hydrogen) atoms. The number of hydrogen-bond donors (Lipinski definition) is 4. The van der Waals surface area contributed by atoms with E-state index in [1.165, 1.54) is 24.8 Å². The summed E-state index contributed by atoms with van der Waals surface area (Å²) in [6.07, 6.45) is 7.26. The Morgan fingerprint density at radius 1 is 0.720 bits per heavy atom. The molecule has 6 N–H and O–H groups in total. The third kappa shape index (κ3) is 7.53. The Morgan fingerprint density at radius 3 is 1.12 bits per heavy atom. The van der Waals surface area contributed by atoms with E-state index in [0.717, 1.165) is 12.5 Å². The second kappa shape index (κ2) is 9.38. The molecule has 0 aliphatic rings. The third-order valence-corrected chi connectivity index (χ3v) is 4.00. The molecule has 12 nitrogen and oxygen atoms in total. The van der Waals surface area contributed by atoms with Gasteiger partial charge in [-0.05, 0) is 0 Å². The number of nitrogens with one attached hydrogen (secondary N) is 2. The zero-order valence-corrected chi connectivity index (χ0v) is 15.6. The summed E-state index contributed by atoms with van der Waals surface area (Å²) in [4.78, 5) is 14.3. The number of aromatic nitrogens is 4. The van der Waals surface area contributed by atoms with E-state index < -0.39 is 19.7 Å². The Hall–Kier alpha value is -2.13. The van der Waals surface area contributed by atoms with Gasteiger partial charge < -0.3 is 10.9 Å². The van der Waals surface area contributed by atoms with E-state index in [-0.39, 0.29) is 22.7 Å². The molecule has 0 fully saturated rings. The van der Waals surface area contributed by atoms with Gasteiger partial charge in [0.1, 0.15) is 0 Å². The molecule has 2 heterocycles. The van der Waals surface area contributed by atoms with Crippen molar-refractivity contribution >= 4 is 43.5 Å². The molecule has 0 saturated carbocycles. The van der Waals surface area contributed by atoms with Crippen molar-refractivity contribution < 1.29 is 16.8 Å². The van der Waals surface area contributed by atoms with E-state index in [0.29, 0.717) is 11.4 Å². The van der Waals surface area contributed by atoms with Crippen molar-refractivity contribution in [3.8, 4) is 0 Å². The summed E-state index contributed by atoms with van der Waals surface area (Å²) in [5.74, 6) is 10.1. The summed E-state index contributed by atoms with van der Waals surface area (Å²) in [5.41, 5.74) is 5.49. The van der Waals surface area contributed by atoms with Gasteiger partial charge in [-0.25, -0.2) is 36.8 Å². The van der Waals surface area contributed by atoms with Crippen molar-refractivity contribution in [3.05, 3.63) is 24.8 Å². The fourth-order valence-corrected chi connectivity index (χ4v) is 2.14. The maximum atomic E-state index is 10.9. The quantitative estimate of drug-likeness (QED) is 0.265. The maximum Gasteiger partial charge on any atom is 0.246 e. The molecule has 0 aromatic carbocycles. The molecular formula is C10H17ClN8O4S2. The van der Waals surface area contributed by atoms with Gasteiger partial charge in [-0.1, -0.05) is 0 Å². The van der Waals surface area contributed by atoms with Crippen LogP contribution in [0.15, 0.2) is 35.1 Å². The van der Waals surface area contributed by atoms with Crippen LogP contribution in [0.25, 0.3) is 0 Å². The molecule has 0 spiro atoms. The lowest BCUT2D eigenvalue weighted by Crippen LogP contribution is -2.09. The second-order valence-corrected chi connectivity index (χ2v) is 8.16. The lowest BCUT2D eigenvalue weighted by Gasteiger charge is -1.98. The van der Waals surface area contributed by atoms with Crippen LogP contribution in [0, 0.1) is 0 Å². The number of nitrogen functional groups attached to an aromatic ring is 2. The van der Waals surface area contributed by atoms with Gasteiger partial charge in [0.2, 0.25) is 30.0 Å². The van der Waals surface area contributed by atoms with Crippen LogP contribution in [0.4, 0.5) is 11.4 Å². The van der Waals surface area contributed by atoms with Crippen LogP contribution in [0.5, 0.6) is 0 Å². The summed E-state index contributed by atoms with van der Waals surface area (Å²) in [6, 6.07) is 0. The summed E-state index contributed by atoms with van der Waals surface area (Å²) < 4.78 is 43.4. The Balaban J connectivity index is 0.000000443. The molecule has 0 unspecified atom stereocenters. The Morgan fingerprint density at radius 2 is 0.960 bits per heavy atom. The van der Waals surface area contributed by atoms with Crippen LogP contribution in [0.1, 0.15) is 0 Å². The van der Waals surface area contributed by atoms with E-state index >= 15 is 0 Å². The minimum absolute atomic E-state index is 0. The fourth-order valence-electron chi connectivity index (χ4n) is 1.16. The van der Waals surface area contributed by atoms with Crippen molar-refractivity contribution in [2.75, 3.05) is 23.4 Å². The van der Waals surface area contributed by atoms with Gasteiger partial charge in [-0.2, -0.15) is 0 Å². The molecule has 0 amide bonds. The predicted octanol–water partition coefficient (Wildman–Crippen LogP) is -1.25. The smallest absolute Gasteiger partial charge is 0.246 e. The molecule has 0 radical (unpaired) electrons. The molecule has 15 heteroatoms. The molecule has 140 valence electrons. The molecular weight excluding hydrogens is 396 g/mol. The summed E-state index contributed by atoms with van der Waals surface area (Å²) >= 11 is 0. The number of anilines is 2. The minimum Gasteiger partial charge on any atom is -0.321 e. The number of rotatable bonds is 4. The lowest BCUT2D eigenvalue weighted by molar-refractivity contribution is 0.591. The van der Waals surface area contributed by atoms with E-state index in [1.54, 1.807) is 0 Å². The standard InChI is InChI=1S/2C5H8N4O2S.ClH/c2*1-12(10,11)5-7-2-4(9-6)3-8-5;/h2*2-3,9H,6H2,1H3;1H. The highest BCUT2D eigenvalue weighted by atomic mass is 35.5. The molecule has 0 aliphatic carbocycles. The Kier molecular flexibility index (Phi) is 8.58. The first-order valence-corrected chi connectivity index (χ1v) is 9.83. The highest BCUT2D eigenvalue weighted by Gasteiger charge is 2.10. The topological polar surface area (TPSA) is 196 Å². The van der Waals surface area contributed by atoms with Crippen molar-refractivity contribution in [1.82, 2.24) is 19.9 Å². The maximum absolute atomic E-state index is 10.9. The van der Waals surface area contributed by atoms with Gasteiger partial charge >= 0.3 is 0 Å². The van der Waals surface area contributed by atoms with Gasteiger partial charge in [0.05, 0.1) is 36.2 Å². The van der Waals surface area contributed by atoms with Crippen LogP contribution in [0.2, 0.25) is 0 Å². The Labute approximate surface area is 150 Å². The van der Waals surface area contributed by atoms with E-state index in [2.05, 4.69) is 30.8 Å². The minimum atomic E-state index is -3.32. The number of halogens is 1. The molecule has 0 saturated heterocycles. The van der Waals surface area contributed by atoms with Crippen LogP contribution < -0.4 is 22.5 Å². The molecule has 2 aromatic heterocycles. The van der Waals surface area contributed by atoms with E-state index in [9.17, 15) is 16.8 Å². The average molecular weight is 413 g/mol. The molecule has 0 bridgehead atoms. The number of hydrazine groups is 2. The van der Waals surface area contributed by atoms with Gasteiger partial charge in [0, 0.05) is 12.5 Å². The molecule has 2 rings (SSSR count). The van der Waals surface area contributed by atoms with Crippen molar-refractivity contribution in [2.45, 2.75) is 10.3 Å². The third-order valence-electron chi connectivity index (χ3n) is 2.25. The number of sulfone groups is 2. The first kappa shape index (κ1) is 22.9. The first-order valence-electron chi connectivity index (χ1n) is 6.05. The molecule has 0 aliphatic heterocycles. The highest BCUT2D eigenvalue weighted by Crippen LogP contribution is 2.04. The zero-order valence-electron chi connectivity index (χ0n) is 13.1. The predicted molar refractivity (Wildman–Crippen MR) is 93.2 cm³/mol. The van der Waals surface area contributed by atoms with Crippen LogP contribution in [0.3, 0.4) is 0 Å². The number of nitrogens with zero attached hydrogens (tertiary/aromatic N) is 4. The van der Waals surface area contributed by atoms with Crippen LogP contribution in [-0.2, 0) is 19.7 Å². The number of nitrogens with two attached hydrogens (primary N) is 2. The fraction of sp³-hybridized carbons (Fsp3) is 0.200. The van der Waals surface area contributed by atoms with Crippen LogP contribution in [-0.4, -0.2) is 49.3 Å². The first-order chi connectivity index (χ1) is 11.1. The lowest BCUT2D eigenvalue weighted by atomic mass is 10.6. The Bertz CT molecular complexity index is 797. The van der Waals surface area contributed by atoms with Gasteiger partial charge in [0.15, 0.2) is 0 Å². The van der Waals surface area contributed by atoms with Gasteiger partial charge in [-0.15, -0.1) is 12.4 Å². The monoisotopic (exact) mass is 412 g/mol. The number of hydrogen-bond acceptors (Lipinski definition) is 12. The normalized spacial score (nSPS) is 10.7. The molecule has 0 atom stereocenters. The largest absolute Gasteiger partial charge is 0.321 e. The van der Waals surface area contributed by atoms with E-state index in [4.69, 9.17) is 11.7 Å². The van der Waals surface area contributed by atoms with Gasteiger partial charge in [0.25, 0.3) is 0 Å². The summed E-state index contributed by atoms with van der Waals surface area (Å²) in [6.45, 7) is 0. The highest BCUT2D eigenvalue weighted by molar-refractivity contribution is 7.90. The van der Waals surface area contributed by atoms with E-state index in [1.807, 2.05) is 0 Å². The summed E-state index contributed by atoms with van der Waals surface area (Å²) in [5, 5.41) is -0.414. The van der Waals surface area contributed by atoms with Crippen molar-refractivity contribution in [2.24, 2.45) is 11.7 Å². The van der Waals surface area contributed by atoms with Crippen molar-refractivity contribution in [1.29, 1.82) is 0 Å². The second-order valence-electron chi connectivity index (χ2n) is 4.34. The molecule has 2 aromatic rings. The van der Waals surface area contributed by atoms with Gasteiger partial charge in [-0.3, -0.25) is 11.7 Å². The zero-order chi connectivity index (χ0) is 18.4.